The molecule has 43 valence electrons. The second-order valence-electron chi connectivity index (χ2n) is 1.28. The zero-order chi connectivity index (χ0) is 5.82. The van der Waals surface area contributed by atoms with Crippen LogP contribution in [-0.4, -0.2) is 21.1 Å². The van der Waals surface area contributed by atoms with Gasteiger partial charge in [-0.15, -0.1) is 0 Å². The minimum Gasteiger partial charge on any atom is -0.396 e. The summed E-state index contributed by atoms with van der Waals surface area (Å²) in [7, 11) is 0. The van der Waals surface area contributed by atoms with Crippen LogP contribution in [0.5, 0.6) is 0 Å². The Kier molecular flexibility index (Phi) is 1.93. The van der Waals surface area contributed by atoms with E-state index in [1.54, 1.807) is 0 Å². The van der Waals surface area contributed by atoms with Gasteiger partial charge in [0.15, 0.2) is 5.51 Å². The number of aliphatic hydroxyl groups is 1. The summed E-state index contributed by atoms with van der Waals surface area (Å²) in [5, 5.41) is 8.35. The van der Waals surface area contributed by atoms with Crippen LogP contribution in [0.2, 0.25) is 0 Å². The molecule has 1 heterocycles. The lowest BCUT2D eigenvalue weighted by Crippen LogP contribution is -1.91. The summed E-state index contributed by atoms with van der Waals surface area (Å²) in [6.07, 6.45) is 0.542. The van der Waals surface area contributed by atoms with Crippen molar-refractivity contribution in [3.05, 3.63) is 11.3 Å². The van der Waals surface area contributed by atoms with Crippen LogP contribution in [0.1, 0.15) is 5.82 Å². The first-order chi connectivity index (χ1) is 3.93. The summed E-state index contributed by atoms with van der Waals surface area (Å²) < 4.78 is 3.82. The smallest absolute Gasteiger partial charge is 0.174 e. The van der Waals surface area contributed by atoms with E-state index in [0.717, 1.165) is 0 Å². The Hall–Kier alpha value is -0.480. The van der Waals surface area contributed by atoms with Gasteiger partial charge in [-0.2, -0.15) is 4.37 Å². The number of nitrogens with zero attached hydrogens (tertiary/aromatic N) is 2. The highest BCUT2D eigenvalue weighted by molar-refractivity contribution is 7.02. The van der Waals surface area contributed by atoms with Crippen molar-refractivity contribution in [3.63, 3.8) is 0 Å². The molecule has 0 amide bonds. The topological polar surface area (TPSA) is 46.0 Å². The van der Waals surface area contributed by atoms with E-state index < -0.39 is 0 Å². The molecule has 3 nitrogen and oxygen atoms in total. The summed E-state index contributed by atoms with van der Waals surface area (Å²) in [6.45, 7) is 0.116. The largest absolute Gasteiger partial charge is 0.396 e. The number of aliphatic hydroxyl groups excluding tert-OH is 1. The minimum absolute atomic E-state index is 0.116. The fourth-order valence-corrected chi connectivity index (χ4v) is 0.793. The van der Waals surface area contributed by atoms with Gasteiger partial charge in [0.1, 0.15) is 5.82 Å². The predicted octanol–water partition coefficient (Wildman–Crippen LogP) is -0.127. The third-order valence-corrected chi connectivity index (χ3v) is 1.18. The maximum Gasteiger partial charge on any atom is 0.174 e. The van der Waals surface area contributed by atoms with Crippen molar-refractivity contribution in [2.75, 3.05) is 6.61 Å². The van der Waals surface area contributed by atoms with Gasteiger partial charge in [0.05, 0.1) is 6.61 Å². The Morgan fingerprint density at radius 1 is 1.75 bits per heavy atom. The molecule has 1 radical (unpaired) electrons. The SMILES string of the molecule is OCCc1n[c]sn1. The number of hydrogen-bond donors (Lipinski definition) is 1. The maximum absolute atomic E-state index is 8.35. The van der Waals surface area contributed by atoms with Crippen LogP contribution in [0.25, 0.3) is 0 Å². The second-order valence-corrected chi connectivity index (χ2v) is 1.82. The van der Waals surface area contributed by atoms with Crippen molar-refractivity contribution >= 4 is 11.5 Å². The van der Waals surface area contributed by atoms with Crippen LogP contribution in [0.4, 0.5) is 0 Å². The highest BCUT2D eigenvalue weighted by atomic mass is 32.1. The molecule has 0 aliphatic carbocycles. The van der Waals surface area contributed by atoms with Gasteiger partial charge in [0.2, 0.25) is 0 Å². The van der Waals surface area contributed by atoms with Gasteiger partial charge >= 0.3 is 0 Å². The molecular formula is C4H5N2OS. The Morgan fingerprint density at radius 3 is 3.12 bits per heavy atom. The van der Waals surface area contributed by atoms with Gasteiger partial charge in [0.25, 0.3) is 0 Å². The minimum atomic E-state index is 0.116. The van der Waals surface area contributed by atoms with Crippen LogP contribution in [0.15, 0.2) is 0 Å². The van der Waals surface area contributed by atoms with E-state index in [0.29, 0.717) is 12.2 Å². The van der Waals surface area contributed by atoms with Crippen molar-refractivity contribution in [1.29, 1.82) is 0 Å². The van der Waals surface area contributed by atoms with Gasteiger partial charge < -0.3 is 5.11 Å². The quantitative estimate of drug-likeness (QED) is 0.605. The molecule has 0 atom stereocenters. The molecule has 0 aliphatic rings. The first-order valence-corrected chi connectivity index (χ1v) is 3.00. The second kappa shape index (κ2) is 2.74. The number of rotatable bonds is 2. The molecule has 4 heteroatoms. The van der Waals surface area contributed by atoms with E-state index in [1.807, 2.05) is 0 Å². The summed E-state index contributed by atoms with van der Waals surface area (Å²) in [4.78, 5) is 3.73. The first kappa shape index (κ1) is 5.65. The Balaban J connectivity index is 2.50. The molecular weight excluding hydrogens is 124 g/mol. The van der Waals surface area contributed by atoms with Gasteiger partial charge in [-0.1, -0.05) is 0 Å². The van der Waals surface area contributed by atoms with Crippen LogP contribution in [-0.2, 0) is 6.42 Å². The molecule has 1 aromatic rings. The molecule has 1 N–H and O–H groups in total. The first-order valence-electron chi connectivity index (χ1n) is 2.23. The highest BCUT2D eigenvalue weighted by Crippen LogP contribution is 1.91. The molecule has 0 bridgehead atoms. The molecule has 1 aromatic heterocycles. The maximum atomic E-state index is 8.35. The van der Waals surface area contributed by atoms with E-state index in [-0.39, 0.29) is 6.61 Å². The van der Waals surface area contributed by atoms with Gasteiger partial charge in [-0.05, 0) is 11.5 Å². The van der Waals surface area contributed by atoms with Crippen molar-refractivity contribution in [2.24, 2.45) is 0 Å². The van der Waals surface area contributed by atoms with E-state index >= 15 is 0 Å². The molecule has 0 spiro atoms. The van der Waals surface area contributed by atoms with Crippen LogP contribution in [0.3, 0.4) is 0 Å². The normalized spacial score (nSPS) is 9.62. The van der Waals surface area contributed by atoms with Crippen molar-refractivity contribution in [2.45, 2.75) is 6.42 Å². The van der Waals surface area contributed by atoms with Gasteiger partial charge in [-0.25, -0.2) is 4.98 Å². The molecule has 0 saturated heterocycles. The van der Waals surface area contributed by atoms with Crippen LogP contribution in [0, 0.1) is 5.51 Å². The van der Waals surface area contributed by atoms with E-state index in [2.05, 4.69) is 14.9 Å². The van der Waals surface area contributed by atoms with Crippen LogP contribution < -0.4 is 0 Å². The lowest BCUT2D eigenvalue weighted by atomic mass is 10.4. The third kappa shape index (κ3) is 1.24. The van der Waals surface area contributed by atoms with Gasteiger partial charge in [-0.3, -0.25) is 0 Å². The average Bonchev–Trinajstić information content (AvgIpc) is 2.19. The Bertz CT molecular complexity index is 140. The molecule has 0 aliphatic heterocycles. The zero-order valence-electron chi connectivity index (χ0n) is 4.16. The standard InChI is InChI=1S/C4H5N2OS/c7-2-1-4-5-3-8-6-4/h7H,1-2H2. The highest BCUT2D eigenvalue weighted by Gasteiger charge is 1.92. The van der Waals surface area contributed by atoms with Crippen LogP contribution >= 0.6 is 11.5 Å². The fourth-order valence-electron chi connectivity index (χ4n) is 0.368. The third-order valence-electron chi connectivity index (χ3n) is 0.702. The lowest BCUT2D eigenvalue weighted by molar-refractivity contribution is 0.297. The molecule has 0 unspecified atom stereocenters. The molecule has 0 aromatic carbocycles. The van der Waals surface area contributed by atoms with E-state index in [1.165, 1.54) is 11.5 Å². The number of aromatic nitrogens is 2. The zero-order valence-corrected chi connectivity index (χ0v) is 4.98. The van der Waals surface area contributed by atoms with Crippen molar-refractivity contribution < 1.29 is 5.11 Å². The van der Waals surface area contributed by atoms with E-state index in [4.69, 9.17) is 5.11 Å². The van der Waals surface area contributed by atoms with E-state index in [9.17, 15) is 0 Å². The van der Waals surface area contributed by atoms with Gasteiger partial charge in [0, 0.05) is 6.42 Å². The molecule has 1 rings (SSSR count). The molecule has 0 fully saturated rings. The number of hydrogen-bond acceptors (Lipinski definition) is 4. The predicted molar refractivity (Wildman–Crippen MR) is 29.5 cm³/mol. The lowest BCUT2D eigenvalue weighted by Gasteiger charge is -1.82. The summed E-state index contributed by atoms with van der Waals surface area (Å²) in [6, 6.07) is 0. The average molecular weight is 129 g/mol. The Labute approximate surface area is 51.2 Å². The summed E-state index contributed by atoms with van der Waals surface area (Å²) >= 11 is 1.18. The van der Waals surface area contributed by atoms with Crippen molar-refractivity contribution in [3.8, 4) is 0 Å². The monoisotopic (exact) mass is 129 g/mol. The molecule has 8 heavy (non-hydrogen) atoms. The Morgan fingerprint density at radius 2 is 2.62 bits per heavy atom. The summed E-state index contributed by atoms with van der Waals surface area (Å²) in [5.41, 5.74) is 2.58. The fraction of sp³-hybridized carbons (Fsp3) is 0.500. The molecule has 0 saturated carbocycles. The summed E-state index contributed by atoms with van der Waals surface area (Å²) in [5.74, 6) is 0.678. The van der Waals surface area contributed by atoms with Crippen molar-refractivity contribution in [1.82, 2.24) is 9.36 Å².